The van der Waals surface area contributed by atoms with Crippen LogP contribution in [0.1, 0.15) is 6.92 Å². The largest absolute Gasteiger partial charge is 0.315 e. The minimum atomic E-state index is -0.252. The number of pyridine rings is 1. The quantitative estimate of drug-likeness (QED) is 0.695. The van der Waals surface area contributed by atoms with E-state index in [2.05, 4.69) is 10.2 Å². The summed E-state index contributed by atoms with van der Waals surface area (Å²) in [5, 5.41) is 8.72. The van der Waals surface area contributed by atoms with Crippen LogP contribution in [0.2, 0.25) is 0 Å². The Morgan fingerprint density at radius 3 is 2.64 bits per heavy atom. The van der Waals surface area contributed by atoms with Crippen LogP contribution in [0.3, 0.4) is 0 Å². The molecule has 0 fully saturated rings. The van der Waals surface area contributed by atoms with Gasteiger partial charge in [-0.2, -0.15) is 0 Å². The molecule has 0 unspecified atom stereocenters. The number of amides is 1. The Kier molecular flexibility index (Phi) is 4.11. The number of carbonyl (C=O) groups excluding carboxylic acids is 1. The maximum Gasteiger partial charge on any atom is 0.240 e. The molecule has 1 aromatic carbocycles. The molecule has 0 aliphatic carbocycles. The average Bonchev–Trinajstić information content (AvgIpc) is 2.97. The molecule has 0 saturated heterocycles. The van der Waals surface area contributed by atoms with Crippen LogP contribution in [0.15, 0.2) is 59.9 Å². The first kappa shape index (κ1) is 14.6. The van der Waals surface area contributed by atoms with Crippen molar-refractivity contribution in [2.24, 2.45) is 0 Å². The molecule has 112 valence electrons. The third kappa shape index (κ3) is 2.82. The lowest BCUT2D eigenvalue weighted by Crippen LogP contribution is -2.33. The van der Waals surface area contributed by atoms with Crippen molar-refractivity contribution in [3.63, 3.8) is 0 Å². The SMILES string of the molecule is C[C@H](Sc1nnc2ccccn12)C(=O)N(C)c1ccccc1. The Labute approximate surface area is 133 Å². The van der Waals surface area contributed by atoms with Gasteiger partial charge >= 0.3 is 0 Å². The summed E-state index contributed by atoms with van der Waals surface area (Å²) in [6, 6.07) is 15.3. The zero-order chi connectivity index (χ0) is 15.5. The minimum Gasteiger partial charge on any atom is -0.315 e. The van der Waals surface area contributed by atoms with E-state index in [1.165, 1.54) is 11.8 Å². The predicted molar refractivity (Wildman–Crippen MR) is 88.2 cm³/mol. The molecule has 2 heterocycles. The molecular weight excluding hydrogens is 296 g/mol. The van der Waals surface area contributed by atoms with Gasteiger partial charge in [0.05, 0.1) is 5.25 Å². The van der Waals surface area contributed by atoms with Crippen LogP contribution in [0, 0.1) is 0 Å². The van der Waals surface area contributed by atoms with E-state index in [0.29, 0.717) is 0 Å². The lowest BCUT2D eigenvalue weighted by Gasteiger charge is -2.20. The highest BCUT2D eigenvalue weighted by Gasteiger charge is 2.21. The second-order valence-electron chi connectivity index (χ2n) is 4.90. The van der Waals surface area contributed by atoms with Gasteiger partial charge in [-0.15, -0.1) is 10.2 Å². The summed E-state index contributed by atoms with van der Waals surface area (Å²) in [5.74, 6) is 0.0314. The summed E-state index contributed by atoms with van der Waals surface area (Å²) in [6.45, 7) is 1.89. The van der Waals surface area contributed by atoms with Gasteiger partial charge in [-0.25, -0.2) is 0 Å². The zero-order valence-corrected chi connectivity index (χ0v) is 13.2. The lowest BCUT2D eigenvalue weighted by molar-refractivity contribution is -0.117. The molecule has 1 atom stereocenters. The third-order valence-electron chi connectivity index (χ3n) is 3.39. The van der Waals surface area contributed by atoms with Crippen molar-refractivity contribution in [1.82, 2.24) is 14.6 Å². The smallest absolute Gasteiger partial charge is 0.240 e. The van der Waals surface area contributed by atoms with E-state index in [-0.39, 0.29) is 11.2 Å². The first-order valence-corrected chi connectivity index (χ1v) is 7.84. The van der Waals surface area contributed by atoms with Gasteiger partial charge in [0.1, 0.15) is 0 Å². The Hall–Kier alpha value is -2.34. The van der Waals surface area contributed by atoms with E-state index in [9.17, 15) is 4.79 Å². The fraction of sp³-hybridized carbons (Fsp3) is 0.188. The molecule has 0 spiro atoms. The normalized spacial score (nSPS) is 12.3. The second kappa shape index (κ2) is 6.19. The number of para-hydroxylation sites is 1. The molecule has 6 heteroatoms. The first-order valence-electron chi connectivity index (χ1n) is 6.96. The summed E-state index contributed by atoms with van der Waals surface area (Å²) < 4.78 is 1.89. The van der Waals surface area contributed by atoms with Crippen molar-refractivity contribution in [1.29, 1.82) is 0 Å². The fourth-order valence-corrected chi connectivity index (χ4v) is 3.09. The first-order chi connectivity index (χ1) is 10.7. The molecule has 1 amide bonds. The number of hydrogen-bond acceptors (Lipinski definition) is 4. The van der Waals surface area contributed by atoms with Crippen molar-refractivity contribution < 1.29 is 4.79 Å². The number of aromatic nitrogens is 3. The topological polar surface area (TPSA) is 50.5 Å². The summed E-state index contributed by atoms with van der Waals surface area (Å²) in [5.41, 5.74) is 1.66. The summed E-state index contributed by atoms with van der Waals surface area (Å²) in [7, 11) is 1.79. The van der Waals surface area contributed by atoms with E-state index in [0.717, 1.165) is 16.5 Å². The van der Waals surface area contributed by atoms with Crippen molar-refractivity contribution in [2.75, 3.05) is 11.9 Å². The number of fused-ring (bicyclic) bond motifs is 1. The molecule has 0 aliphatic heterocycles. The van der Waals surface area contributed by atoms with Gasteiger partial charge in [-0.1, -0.05) is 36.0 Å². The monoisotopic (exact) mass is 312 g/mol. The van der Waals surface area contributed by atoms with E-state index < -0.39 is 0 Å². The number of thioether (sulfide) groups is 1. The van der Waals surface area contributed by atoms with Crippen molar-refractivity contribution in [2.45, 2.75) is 17.3 Å². The number of benzene rings is 1. The highest BCUT2D eigenvalue weighted by Crippen LogP contribution is 2.24. The van der Waals surface area contributed by atoms with Crippen LogP contribution in [0.4, 0.5) is 5.69 Å². The highest BCUT2D eigenvalue weighted by molar-refractivity contribution is 8.00. The molecular formula is C16H16N4OS. The van der Waals surface area contributed by atoms with E-state index in [1.807, 2.05) is 66.1 Å². The van der Waals surface area contributed by atoms with Gasteiger partial charge in [0.15, 0.2) is 10.8 Å². The Morgan fingerprint density at radius 1 is 1.14 bits per heavy atom. The van der Waals surface area contributed by atoms with Gasteiger partial charge < -0.3 is 4.90 Å². The van der Waals surface area contributed by atoms with Crippen LogP contribution in [-0.4, -0.2) is 32.8 Å². The van der Waals surface area contributed by atoms with E-state index in [1.54, 1.807) is 11.9 Å². The van der Waals surface area contributed by atoms with Gasteiger partial charge in [-0.3, -0.25) is 9.20 Å². The molecule has 0 bridgehead atoms. The molecule has 0 aliphatic rings. The van der Waals surface area contributed by atoms with Crippen molar-refractivity contribution in [3.05, 3.63) is 54.7 Å². The Bertz CT molecular complexity index is 787. The predicted octanol–water partition coefficient (Wildman–Crippen LogP) is 2.87. The van der Waals surface area contributed by atoms with Gasteiger partial charge in [-0.05, 0) is 31.2 Å². The van der Waals surface area contributed by atoms with Gasteiger partial charge in [0.25, 0.3) is 0 Å². The molecule has 0 radical (unpaired) electrons. The molecule has 2 aromatic heterocycles. The number of carbonyl (C=O) groups is 1. The van der Waals surface area contributed by atoms with Gasteiger partial charge in [0.2, 0.25) is 5.91 Å². The van der Waals surface area contributed by atoms with Crippen LogP contribution >= 0.6 is 11.8 Å². The standard InChI is InChI=1S/C16H16N4OS/c1-12(15(21)19(2)13-8-4-3-5-9-13)22-16-18-17-14-10-6-7-11-20(14)16/h3-12H,1-2H3/t12-/m0/s1. The van der Waals surface area contributed by atoms with Crippen LogP contribution in [-0.2, 0) is 4.79 Å². The van der Waals surface area contributed by atoms with Crippen molar-refractivity contribution >= 4 is 29.0 Å². The Balaban J connectivity index is 1.76. The van der Waals surface area contributed by atoms with E-state index in [4.69, 9.17) is 0 Å². The maximum atomic E-state index is 12.6. The van der Waals surface area contributed by atoms with Gasteiger partial charge in [0, 0.05) is 18.9 Å². The van der Waals surface area contributed by atoms with Crippen LogP contribution in [0.5, 0.6) is 0 Å². The molecule has 5 nitrogen and oxygen atoms in total. The number of hydrogen-bond donors (Lipinski definition) is 0. The second-order valence-corrected chi connectivity index (χ2v) is 6.21. The highest BCUT2D eigenvalue weighted by atomic mass is 32.2. The minimum absolute atomic E-state index is 0.0314. The maximum absolute atomic E-state index is 12.6. The molecule has 22 heavy (non-hydrogen) atoms. The van der Waals surface area contributed by atoms with E-state index >= 15 is 0 Å². The average molecular weight is 312 g/mol. The number of anilines is 1. The lowest BCUT2D eigenvalue weighted by atomic mass is 10.3. The summed E-state index contributed by atoms with van der Waals surface area (Å²) in [6.07, 6.45) is 1.90. The van der Waals surface area contributed by atoms with Crippen LogP contribution < -0.4 is 4.90 Å². The Morgan fingerprint density at radius 2 is 1.86 bits per heavy atom. The molecule has 0 N–H and O–H groups in total. The third-order valence-corrected chi connectivity index (χ3v) is 4.43. The summed E-state index contributed by atoms with van der Waals surface area (Å²) in [4.78, 5) is 14.2. The zero-order valence-electron chi connectivity index (χ0n) is 12.4. The van der Waals surface area contributed by atoms with Crippen molar-refractivity contribution in [3.8, 4) is 0 Å². The molecule has 3 rings (SSSR count). The summed E-state index contributed by atoms with van der Waals surface area (Å²) >= 11 is 1.41. The number of nitrogens with zero attached hydrogens (tertiary/aromatic N) is 4. The van der Waals surface area contributed by atoms with Crippen LogP contribution in [0.25, 0.3) is 5.65 Å². The molecule has 0 saturated carbocycles. The fourth-order valence-electron chi connectivity index (χ4n) is 2.16. The molecule has 3 aromatic rings. The number of rotatable bonds is 4.